The Morgan fingerprint density at radius 2 is 1.90 bits per heavy atom. The summed E-state index contributed by atoms with van der Waals surface area (Å²) < 4.78 is 11.2. The fraction of sp³-hybridized carbons (Fsp3) is 0.588. The first-order valence-electron chi connectivity index (χ1n) is 7.73. The van der Waals surface area contributed by atoms with E-state index in [2.05, 4.69) is 12.2 Å². The van der Waals surface area contributed by atoms with Crippen molar-refractivity contribution in [2.45, 2.75) is 57.7 Å². The van der Waals surface area contributed by atoms with Crippen LogP contribution < -0.4 is 10.1 Å². The zero-order valence-electron chi connectivity index (χ0n) is 13.1. The summed E-state index contributed by atoms with van der Waals surface area (Å²) >= 11 is 0. The van der Waals surface area contributed by atoms with Crippen molar-refractivity contribution in [1.82, 2.24) is 0 Å². The molecule has 1 fully saturated rings. The van der Waals surface area contributed by atoms with E-state index in [1.165, 1.54) is 0 Å². The average molecular weight is 291 g/mol. The third-order valence-electron chi connectivity index (χ3n) is 4.24. The van der Waals surface area contributed by atoms with Crippen molar-refractivity contribution < 1.29 is 14.3 Å². The number of anilines is 1. The molecule has 0 aromatic heterocycles. The van der Waals surface area contributed by atoms with Gasteiger partial charge in [0, 0.05) is 12.8 Å². The van der Waals surface area contributed by atoms with Gasteiger partial charge in [0.05, 0.1) is 6.10 Å². The maximum Gasteiger partial charge on any atom is 0.256 e. The molecule has 0 heterocycles. The summed E-state index contributed by atoms with van der Waals surface area (Å²) in [6, 6.07) is 7.51. The highest BCUT2D eigenvalue weighted by Gasteiger charge is 2.41. The van der Waals surface area contributed by atoms with Crippen molar-refractivity contribution >= 4 is 11.6 Å². The maximum absolute atomic E-state index is 12.4. The molecule has 1 aliphatic rings. The van der Waals surface area contributed by atoms with Crippen LogP contribution in [0.4, 0.5) is 5.69 Å². The van der Waals surface area contributed by atoms with Crippen molar-refractivity contribution in [3.8, 4) is 5.75 Å². The highest BCUT2D eigenvalue weighted by molar-refractivity contribution is 5.97. The zero-order valence-corrected chi connectivity index (χ0v) is 13.1. The summed E-state index contributed by atoms with van der Waals surface area (Å²) in [4.78, 5) is 12.4. The molecule has 2 rings (SSSR count). The van der Waals surface area contributed by atoms with Crippen LogP contribution in [0.15, 0.2) is 24.3 Å². The number of carbonyl (C=O) groups excluding carboxylic acids is 1. The lowest BCUT2D eigenvalue weighted by atomic mass is 10.0. The van der Waals surface area contributed by atoms with Gasteiger partial charge < -0.3 is 14.8 Å². The summed E-state index contributed by atoms with van der Waals surface area (Å²) in [5.74, 6) is 0.780. The molecule has 0 saturated heterocycles. The Morgan fingerprint density at radius 3 is 2.43 bits per heavy atom. The van der Waals surface area contributed by atoms with Crippen LogP contribution in [0.5, 0.6) is 5.75 Å². The van der Waals surface area contributed by atoms with Crippen molar-refractivity contribution in [3.05, 3.63) is 24.3 Å². The number of nitrogens with one attached hydrogen (secondary N) is 1. The van der Waals surface area contributed by atoms with E-state index >= 15 is 0 Å². The smallest absolute Gasteiger partial charge is 0.256 e. The lowest BCUT2D eigenvalue weighted by Gasteiger charge is -2.26. The normalized spacial score (nSPS) is 18.2. The Balaban J connectivity index is 1.98. The van der Waals surface area contributed by atoms with E-state index in [1.807, 2.05) is 31.2 Å². The van der Waals surface area contributed by atoms with Gasteiger partial charge in [-0.25, -0.2) is 0 Å². The van der Waals surface area contributed by atoms with Crippen LogP contribution >= 0.6 is 0 Å². The quantitative estimate of drug-likeness (QED) is 0.868. The molecular weight excluding hydrogens is 266 g/mol. The molecule has 0 bridgehead atoms. The van der Waals surface area contributed by atoms with Crippen LogP contribution in [0.1, 0.15) is 46.0 Å². The lowest BCUT2D eigenvalue weighted by Crippen LogP contribution is -2.42. The minimum atomic E-state index is -0.647. The summed E-state index contributed by atoms with van der Waals surface area (Å²) in [6.07, 6.45) is 4.84. The first-order valence-corrected chi connectivity index (χ1v) is 7.73. The fourth-order valence-electron chi connectivity index (χ4n) is 2.65. The van der Waals surface area contributed by atoms with Gasteiger partial charge in [-0.3, -0.25) is 4.79 Å². The van der Waals surface area contributed by atoms with Crippen LogP contribution in [0, 0.1) is 0 Å². The van der Waals surface area contributed by atoms with Crippen LogP contribution in [-0.4, -0.2) is 24.7 Å². The summed E-state index contributed by atoms with van der Waals surface area (Å²) in [5.41, 5.74) is 0.131. The van der Waals surface area contributed by atoms with Crippen LogP contribution in [0.3, 0.4) is 0 Å². The number of benzene rings is 1. The summed E-state index contributed by atoms with van der Waals surface area (Å²) in [7, 11) is 1.62. The molecule has 1 aliphatic carbocycles. The Hall–Kier alpha value is -1.55. The van der Waals surface area contributed by atoms with Crippen molar-refractivity contribution in [3.63, 3.8) is 0 Å². The third-order valence-corrected chi connectivity index (χ3v) is 4.24. The van der Waals surface area contributed by atoms with Gasteiger partial charge in [-0.05, 0) is 63.3 Å². The second kappa shape index (κ2) is 6.94. The number of hydrogen-bond acceptors (Lipinski definition) is 3. The molecule has 4 nitrogen and oxygen atoms in total. The Labute approximate surface area is 126 Å². The van der Waals surface area contributed by atoms with Crippen LogP contribution in [-0.2, 0) is 9.53 Å². The SMILES string of the molecule is CC[C@@H](C)Oc1ccc(NC(=O)C2(OC)CCCC2)cc1. The number of ether oxygens (including phenoxy) is 2. The van der Waals surface area contributed by atoms with Crippen LogP contribution in [0.2, 0.25) is 0 Å². The zero-order chi connectivity index (χ0) is 15.3. The molecule has 0 spiro atoms. The van der Waals surface area contributed by atoms with Gasteiger partial charge in [0.15, 0.2) is 0 Å². The highest BCUT2D eigenvalue weighted by Crippen LogP contribution is 2.33. The monoisotopic (exact) mass is 291 g/mol. The van der Waals surface area contributed by atoms with Gasteiger partial charge in [0.1, 0.15) is 11.4 Å². The summed E-state index contributed by atoms with van der Waals surface area (Å²) in [6.45, 7) is 4.13. The van der Waals surface area contributed by atoms with E-state index in [9.17, 15) is 4.79 Å². The van der Waals surface area contributed by atoms with Gasteiger partial charge in [-0.15, -0.1) is 0 Å². The number of hydrogen-bond donors (Lipinski definition) is 1. The minimum Gasteiger partial charge on any atom is -0.491 e. The van der Waals surface area contributed by atoms with Crippen molar-refractivity contribution in [2.24, 2.45) is 0 Å². The van der Waals surface area contributed by atoms with Crippen LogP contribution in [0.25, 0.3) is 0 Å². The topological polar surface area (TPSA) is 47.6 Å². The predicted octanol–water partition coefficient (Wildman–Crippen LogP) is 3.76. The van der Waals surface area contributed by atoms with E-state index < -0.39 is 5.60 Å². The molecule has 0 unspecified atom stereocenters. The van der Waals surface area contributed by atoms with Gasteiger partial charge in [-0.1, -0.05) is 6.92 Å². The average Bonchev–Trinajstić information content (AvgIpc) is 2.99. The van der Waals surface area contributed by atoms with E-state index in [1.54, 1.807) is 7.11 Å². The number of amides is 1. The summed E-state index contributed by atoms with van der Waals surface area (Å²) in [5, 5.41) is 2.95. The molecule has 1 amide bonds. The number of rotatable bonds is 6. The van der Waals surface area contributed by atoms with E-state index in [4.69, 9.17) is 9.47 Å². The van der Waals surface area contributed by atoms with E-state index in [0.717, 1.165) is 43.5 Å². The molecule has 116 valence electrons. The van der Waals surface area contributed by atoms with E-state index in [0.29, 0.717) is 0 Å². The van der Waals surface area contributed by atoms with Gasteiger partial charge in [0.25, 0.3) is 5.91 Å². The Bertz CT molecular complexity index is 463. The van der Waals surface area contributed by atoms with Crippen molar-refractivity contribution in [2.75, 3.05) is 12.4 Å². The minimum absolute atomic E-state index is 0.0434. The predicted molar refractivity (Wildman–Crippen MR) is 83.7 cm³/mol. The molecule has 1 atom stereocenters. The Kier molecular flexibility index (Phi) is 5.23. The largest absolute Gasteiger partial charge is 0.491 e. The second-order valence-electron chi connectivity index (χ2n) is 5.72. The molecule has 1 N–H and O–H groups in total. The fourth-order valence-corrected chi connectivity index (χ4v) is 2.65. The molecule has 21 heavy (non-hydrogen) atoms. The molecule has 1 aromatic rings. The Morgan fingerprint density at radius 1 is 1.29 bits per heavy atom. The lowest BCUT2D eigenvalue weighted by molar-refractivity contribution is -0.136. The van der Waals surface area contributed by atoms with Gasteiger partial charge in [0.2, 0.25) is 0 Å². The number of carbonyl (C=O) groups is 1. The first kappa shape index (κ1) is 15.8. The van der Waals surface area contributed by atoms with Gasteiger partial charge >= 0.3 is 0 Å². The maximum atomic E-state index is 12.4. The molecule has 1 aromatic carbocycles. The highest BCUT2D eigenvalue weighted by atomic mass is 16.5. The molecular formula is C17H25NO3. The van der Waals surface area contributed by atoms with Crippen molar-refractivity contribution in [1.29, 1.82) is 0 Å². The second-order valence-corrected chi connectivity index (χ2v) is 5.72. The number of methoxy groups -OCH3 is 1. The third kappa shape index (κ3) is 3.76. The molecule has 4 heteroatoms. The molecule has 0 radical (unpaired) electrons. The molecule has 0 aliphatic heterocycles. The van der Waals surface area contributed by atoms with E-state index in [-0.39, 0.29) is 12.0 Å². The van der Waals surface area contributed by atoms with Gasteiger partial charge in [-0.2, -0.15) is 0 Å². The first-order chi connectivity index (χ1) is 10.1. The molecule has 1 saturated carbocycles. The standard InChI is InChI=1S/C17H25NO3/c1-4-13(2)21-15-9-7-14(8-10-15)18-16(19)17(20-3)11-5-6-12-17/h7-10,13H,4-6,11-12H2,1-3H3,(H,18,19)/t13-/m1/s1.